The number of carbonyl (C=O) groups is 2. The van der Waals surface area contributed by atoms with E-state index in [0.29, 0.717) is 25.3 Å². The summed E-state index contributed by atoms with van der Waals surface area (Å²) in [6, 6.07) is 9.02. The van der Waals surface area contributed by atoms with Gasteiger partial charge in [0.25, 0.3) is 5.91 Å². The lowest BCUT2D eigenvalue weighted by Gasteiger charge is -2.19. The summed E-state index contributed by atoms with van der Waals surface area (Å²) in [7, 11) is 1.54. The number of amides is 1. The summed E-state index contributed by atoms with van der Waals surface area (Å²) in [5.41, 5.74) is 0. The van der Waals surface area contributed by atoms with Gasteiger partial charge < -0.3 is 19.5 Å². The van der Waals surface area contributed by atoms with Crippen molar-refractivity contribution in [2.45, 2.75) is 32.5 Å². The van der Waals surface area contributed by atoms with Crippen LogP contribution in [0.1, 0.15) is 20.3 Å². The van der Waals surface area contributed by atoms with E-state index in [0.717, 1.165) is 0 Å². The maximum atomic E-state index is 12.1. The highest BCUT2D eigenvalue weighted by Gasteiger charge is 2.25. The summed E-state index contributed by atoms with van der Waals surface area (Å²) < 4.78 is 15.6. The Morgan fingerprint density at radius 1 is 1.23 bits per heavy atom. The highest BCUT2D eigenvalue weighted by Crippen LogP contribution is 2.13. The van der Waals surface area contributed by atoms with Gasteiger partial charge in [-0.1, -0.05) is 25.1 Å². The molecule has 22 heavy (non-hydrogen) atoms. The molecule has 1 amide bonds. The van der Waals surface area contributed by atoms with Crippen LogP contribution in [0.4, 0.5) is 0 Å². The molecule has 122 valence electrons. The fraction of sp³-hybridized carbons (Fsp3) is 0.500. The molecule has 0 spiro atoms. The van der Waals surface area contributed by atoms with E-state index in [1.165, 1.54) is 6.92 Å². The first kappa shape index (κ1) is 18.0. The van der Waals surface area contributed by atoms with E-state index in [2.05, 4.69) is 5.32 Å². The van der Waals surface area contributed by atoms with Gasteiger partial charge in [-0.05, 0) is 25.5 Å². The number of benzene rings is 1. The Morgan fingerprint density at radius 3 is 2.50 bits per heavy atom. The predicted molar refractivity (Wildman–Crippen MR) is 81.6 cm³/mol. The number of esters is 1. The molecular formula is C16H23NO5. The summed E-state index contributed by atoms with van der Waals surface area (Å²) in [6.07, 6.45) is -1.17. The Kier molecular flexibility index (Phi) is 7.99. The van der Waals surface area contributed by atoms with Crippen molar-refractivity contribution in [2.24, 2.45) is 0 Å². The molecule has 0 unspecified atom stereocenters. The SMILES string of the molecule is CC[C@@H](Oc1ccccc1)C(=O)O[C@H](C)C(=O)NCCOC. The Hall–Kier alpha value is -2.08. The van der Waals surface area contributed by atoms with Crippen molar-refractivity contribution in [3.63, 3.8) is 0 Å². The summed E-state index contributed by atoms with van der Waals surface area (Å²) in [5.74, 6) is -0.329. The van der Waals surface area contributed by atoms with Crippen molar-refractivity contribution in [1.82, 2.24) is 5.32 Å². The minimum absolute atomic E-state index is 0.361. The fourth-order valence-corrected chi connectivity index (χ4v) is 1.69. The Bertz CT molecular complexity index is 463. The second-order valence-electron chi connectivity index (χ2n) is 4.69. The van der Waals surface area contributed by atoms with Gasteiger partial charge in [-0.25, -0.2) is 4.79 Å². The highest BCUT2D eigenvalue weighted by atomic mass is 16.6. The zero-order valence-electron chi connectivity index (χ0n) is 13.2. The molecule has 6 heteroatoms. The lowest BCUT2D eigenvalue weighted by Crippen LogP contribution is -2.40. The number of carbonyl (C=O) groups excluding carboxylic acids is 2. The van der Waals surface area contributed by atoms with Gasteiger partial charge in [-0.15, -0.1) is 0 Å². The van der Waals surface area contributed by atoms with Crippen LogP contribution in [0.5, 0.6) is 5.75 Å². The summed E-state index contributed by atoms with van der Waals surface area (Å²) in [4.78, 5) is 23.8. The third kappa shape index (κ3) is 6.13. The first-order valence-electron chi connectivity index (χ1n) is 7.27. The second-order valence-corrected chi connectivity index (χ2v) is 4.69. The number of hydrogen-bond donors (Lipinski definition) is 1. The lowest BCUT2D eigenvalue weighted by molar-refractivity contribution is -0.161. The quantitative estimate of drug-likeness (QED) is 0.553. The van der Waals surface area contributed by atoms with Crippen molar-refractivity contribution >= 4 is 11.9 Å². The summed E-state index contributed by atoms with van der Waals surface area (Å²) in [6.45, 7) is 4.11. The first-order valence-corrected chi connectivity index (χ1v) is 7.27. The van der Waals surface area contributed by atoms with Crippen LogP contribution in [0.15, 0.2) is 30.3 Å². The van der Waals surface area contributed by atoms with Gasteiger partial charge in [0, 0.05) is 13.7 Å². The number of methoxy groups -OCH3 is 1. The van der Waals surface area contributed by atoms with Crippen LogP contribution >= 0.6 is 0 Å². The Balaban J connectivity index is 2.48. The van der Waals surface area contributed by atoms with Crippen LogP contribution in [0.2, 0.25) is 0 Å². The van der Waals surface area contributed by atoms with Gasteiger partial charge in [-0.2, -0.15) is 0 Å². The largest absolute Gasteiger partial charge is 0.479 e. The topological polar surface area (TPSA) is 73.9 Å². The van der Waals surface area contributed by atoms with Crippen molar-refractivity contribution in [3.8, 4) is 5.75 Å². The zero-order valence-corrected chi connectivity index (χ0v) is 13.2. The van der Waals surface area contributed by atoms with E-state index in [1.807, 2.05) is 25.1 Å². The second kappa shape index (κ2) is 9.78. The van der Waals surface area contributed by atoms with Crippen LogP contribution < -0.4 is 10.1 Å². The number of para-hydroxylation sites is 1. The molecule has 0 aromatic heterocycles. The maximum absolute atomic E-state index is 12.1. The molecule has 0 aliphatic heterocycles. The standard InChI is InChI=1S/C16H23NO5/c1-4-14(22-13-8-6-5-7-9-13)16(19)21-12(2)15(18)17-10-11-20-3/h5-9,12,14H,4,10-11H2,1-3H3,(H,17,18)/t12-,14-/m1/s1. The first-order chi connectivity index (χ1) is 10.6. The van der Waals surface area contributed by atoms with E-state index in [1.54, 1.807) is 19.2 Å². The van der Waals surface area contributed by atoms with Crippen LogP contribution in [-0.2, 0) is 19.1 Å². The van der Waals surface area contributed by atoms with E-state index in [-0.39, 0.29) is 5.91 Å². The molecule has 0 radical (unpaired) electrons. The third-order valence-corrected chi connectivity index (χ3v) is 2.92. The monoisotopic (exact) mass is 309 g/mol. The molecular weight excluding hydrogens is 286 g/mol. The van der Waals surface area contributed by atoms with Gasteiger partial charge in [-0.3, -0.25) is 4.79 Å². The van der Waals surface area contributed by atoms with E-state index in [4.69, 9.17) is 14.2 Å². The third-order valence-electron chi connectivity index (χ3n) is 2.92. The smallest absolute Gasteiger partial charge is 0.348 e. The van der Waals surface area contributed by atoms with E-state index >= 15 is 0 Å². The predicted octanol–water partition coefficient (Wildman–Crippen LogP) is 1.54. The Morgan fingerprint density at radius 2 is 1.91 bits per heavy atom. The molecule has 0 heterocycles. The summed E-state index contributed by atoms with van der Waals surface area (Å²) >= 11 is 0. The minimum Gasteiger partial charge on any atom is -0.479 e. The Labute approximate surface area is 130 Å². The normalized spacial score (nSPS) is 13.0. The van der Waals surface area contributed by atoms with E-state index < -0.39 is 18.2 Å². The molecule has 0 fully saturated rings. The molecule has 0 bridgehead atoms. The molecule has 1 N–H and O–H groups in total. The van der Waals surface area contributed by atoms with Gasteiger partial charge in [0.05, 0.1) is 6.61 Å². The average molecular weight is 309 g/mol. The van der Waals surface area contributed by atoms with E-state index in [9.17, 15) is 9.59 Å². The van der Waals surface area contributed by atoms with Crippen molar-refractivity contribution in [2.75, 3.05) is 20.3 Å². The lowest BCUT2D eigenvalue weighted by atomic mass is 10.2. The van der Waals surface area contributed by atoms with Crippen LogP contribution in [0.25, 0.3) is 0 Å². The van der Waals surface area contributed by atoms with Gasteiger partial charge in [0.15, 0.2) is 12.2 Å². The highest BCUT2D eigenvalue weighted by molar-refractivity contribution is 5.84. The molecule has 0 aliphatic carbocycles. The van der Waals surface area contributed by atoms with Gasteiger partial charge >= 0.3 is 5.97 Å². The molecule has 0 aliphatic rings. The number of ether oxygens (including phenoxy) is 3. The molecule has 0 saturated heterocycles. The molecule has 1 aromatic rings. The number of hydrogen-bond acceptors (Lipinski definition) is 5. The summed E-state index contributed by atoms with van der Waals surface area (Å²) in [5, 5.41) is 2.61. The molecule has 1 aromatic carbocycles. The maximum Gasteiger partial charge on any atom is 0.348 e. The van der Waals surface area contributed by atoms with Gasteiger partial charge in [0.1, 0.15) is 5.75 Å². The van der Waals surface area contributed by atoms with Crippen molar-refractivity contribution in [1.29, 1.82) is 0 Å². The van der Waals surface area contributed by atoms with Crippen LogP contribution in [-0.4, -0.2) is 44.3 Å². The minimum atomic E-state index is -0.877. The molecule has 6 nitrogen and oxygen atoms in total. The zero-order chi connectivity index (χ0) is 16.4. The van der Waals surface area contributed by atoms with Crippen molar-refractivity contribution < 1.29 is 23.8 Å². The molecule has 2 atom stereocenters. The average Bonchev–Trinajstić information content (AvgIpc) is 2.53. The van der Waals surface area contributed by atoms with Gasteiger partial charge in [0.2, 0.25) is 0 Å². The number of nitrogens with one attached hydrogen (secondary N) is 1. The molecule has 0 saturated carbocycles. The number of rotatable bonds is 9. The van der Waals surface area contributed by atoms with Crippen molar-refractivity contribution in [3.05, 3.63) is 30.3 Å². The van der Waals surface area contributed by atoms with Crippen LogP contribution in [0, 0.1) is 0 Å². The molecule has 1 rings (SSSR count). The van der Waals surface area contributed by atoms with Crippen LogP contribution in [0.3, 0.4) is 0 Å². The fourth-order valence-electron chi connectivity index (χ4n) is 1.69.